The Morgan fingerprint density at radius 1 is 1.16 bits per heavy atom. The molecule has 0 atom stereocenters. The predicted molar refractivity (Wildman–Crippen MR) is 119 cm³/mol. The van der Waals surface area contributed by atoms with Crippen molar-refractivity contribution in [2.75, 3.05) is 19.7 Å². The normalized spacial score (nSPS) is 14.4. The number of hydrogen-bond donors (Lipinski definition) is 1. The van der Waals surface area contributed by atoms with E-state index >= 15 is 0 Å². The number of primary amides is 1. The van der Waals surface area contributed by atoms with Crippen LogP contribution in [0.1, 0.15) is 41.3 Å². The molecule has 2 aromatic rings. The fourth-order valence-corrected chi connectivity index (χ4v) is 4.02. The second-order valence-corrected chi connectivity index (χ2v) is 8.46. The van der Waals surface area contributed by atoms with Crippen molar-refractivity contribution in [2.24, 2.45) is 5.73 Å². The van der Waals surface area contributed by atoms with E-state index in [4.69, 9.17) is 15.2 Å². The van der Waals surface area contributed by atoms with E-state index in [1.165, 1.54) is 12.1 Å². The van der Waals surface area contributed by atoms with Gasteiger partial charge in [0.25, 0.3) is 5.91 Å². The lowest BCUT2D eigenvalue weighted by molar-refractivity contribution is 0.0697. The number of nitrogens with zero attached hydrogens (tertiary/aromatic N) is 1. The van der Waals surface area contributed by atoms with Crippen LogP contribution in [0.5, 0.6) is 5.75 Å². The van der Waals surface area contributed by atoms with Gasteiger partial charge in [0.05, 0.1) is 12.2 Å². The van der Waals surface area contributed by atoms with Gasteiger partial charge in [-0.1, -0.05) is 6.07 Å². The SMILES string of the molecule is CCOC(=O)N1CCC(Oc2cc(F)cc(Cc3ccc(I)cc3F)c2C(N)=O)CC1. The standard InChI is InChI=1S/C22H23F2IN2O4/c1-2-30-22(29)27-7-5-17(6-8-27)31-19-11-15(23)10-14(20(19)21(26)28)9-13-3-4-16(25)12-18(13)24/h3-4,10-12,17H,2,5-9H2,1H3,(H2,26,28). The summed E-state index contributed by atoms with van der Waals surface area (Å²) >= 11 is 2.00. The van der Waals surface area contributed by atoms with Crippen molar-refractivity contribution >= 4 is 34.6 Å². The van der Waals surface area contributed by atoms with E-state index in [9.17, 15) is 18.4 Å². The highest BCUT2D eigenvalue weighted by Gasteiger charge is 2.27. The molecule has 0 unspecified atom stereocenters. The summed E-state index contributed by atoms with van der Waals surface area (Å²) in [5.41, 5.74) is 6.19. The van der Waals surface area contributed by atoms with E-state index in [0.29, 0.717) is 38.1 Å². The molecule has 1 saturated heterocycles. The summed E-state index contributed by atoms with van der Waals surface area (Å²) in [5.74, 6) is -1.80. The molecule has 0 saturated carbocycles. The highest BCUT2D eigenvalue weighted by atomic mass is 127. The van der Waals surface area contributed by atoms with Crippen LogP contribution in [0.3, 0.4) is 0 Å². The molecule has 1 aliphatic heterocycles. The Bertz CT molecular complexity index is 978. The first kappa shape index (κ1) is 23.2. The number of piperidine rings is 1. The van der Waals surface area contributed by atoms with Gasteiger partial charge in [0.1, 0.15) is 23.5 Å². The number of carbonyl (C=O) groups is 2. The van der Waals surface area contributed by atoms with Gasteiger partial charge in [-0.05, 0) is 58.8 Å². The zero-order valence-corrected chi connectivity index (χ0v) is 19.2. The molecule has 1 fully saturated rings. The summed E-state index contributed by atoms with van der Waals surface area (Å²) in [4.78, 5) is 25.6. The number of hydrogen-bond acceptors (Lipinski definition) is 4. The molecule has 0 aromatic heterocycles. The molecule has 0 radical (unpaired) electrons. The fourth-order valence-electron chi connectivity index (χ4n) is 3.57. The smallest absolute Gasteiger partial charge is 0.409 e. The van der Waals surface area contributed by atoms with Crippen molar-refractivity contribution < 1.29 is 27.8 Å². The predicted octanol–water partition coefficient (Wildman–Crippen LogP) is 4.26. The van der Waals surface area contributed by atoms with Crippen LogP contribution in [0.4, 0.5) is 13.6 Å². The lowest BCUT2D eigenvalue weighted by Gasteiger charge is -2.31. The van der Waals surface area contributed by atoms with Crippen molar-refractivity contribution in [3.8, 4) is 5.75 Å². The molecule has 0 bridgehead atoms. The topological polar surface area (TPSA) is 81.9 Å². The minimum atomic E-state index is -0.778. The molecule has 2 N–H and O–H groups in total. The quantitative estimate of drug-likeness (QED) is 0.552. The number of benzene rings is 2. The number of likely N-dealkylation sites (tertiary alicyclic amines) is 1. The van der Waals surface area contributed by atoms with Gasteiger partial charge in [0.2, 0.25) is 0 Å². The molecular weight excluding hydrogens is 521 g/mol. The average molecular weight is 544 g/mol. The summed E-state index contributed by atoms with van der Waals surface area (Å²) < 4.78 is 40.3. The third kappa shape index (κ3) is 5.84. The first-order chi connectivity index (χ1) is 14.8. The number of amides is 2. The minimum absolute atomic E-state index is 0.00352. The third-order valence-corrected chi connectivity index (χ3v) is 5.72. The Hall–Kier alpha value is -2.43. The van der Waals surface area contributed by atoms with Crippen LogP contribution in [-0.4, -0.2) is 42.7 Å². The molecule has 0 aliphatic carbocycles. The van der Waals surface area contributed by atoms with Gasteiger partial charge in [-0.2, -0.15) is 0 Å². The monoisotopic (exact) mass is 544 g/mol. The highest BCUT2D eigenvalue weighted by Crippen LogP contribution is 2.30. The maximum atomic E-state index is 14.3. The minimum Gasteiger partial charge on any atom is -0.489 e. The highest BCUT2D eigenvalue weighted by molar-refractivity contribution is 14.1. The molecule has 31 heavy (non-hydrogen) atoms. The molecule has 0 spiro atoms. The molecule has 166 valence electrons. The Balaban J connectivity index is 1.81. The molecule has 6 nitrogen and oxygen atoms in total. The molecule has 3 rings (SSSR count). The van der Waals surface area contributed by atoms with E-state index in [-0.39, 0.29) is 35.5 Å². The van der Waals surface area contributed by atoms with Crippen LogP contribution in [0, 0.1) is 15.2 Å². The van der Waals surface area contributed by atoms with Gasteiger partial charge in [-0.25, -0.2) is 13.6 Å². The van der Waals surface area contributed by atoms with Gasteiger partial charge < -0.3 is 20.1 Å². The van der Waals surface area contributed by atoms with Crippen LogP contribution < -0.4 is 10.5 Å². The Labute approximate surface area is 192 Å². The summed E-state index contributed by atoms with van der Waals surface area (Å²) in [6.45, 7) is 2.88. The van der Waals surface area contributed by atoms with Crippen molar-refractivity contribution in [3.05, 3.63) is 62.2 Å². The number of halogens is 3. The lowest BCUT2D eigenvalue weighted by atomic mass is 9.97. The molecular formula is C22H23F2IN2O4. The van der Waals surface area contributed by atoms with Gasteiger partial charge in [0, 0.05) is 42.0 Å². The van der Waals surface area contributed by atoms with Crippen molar-refractivity contribution in [2.45, 2.75) is 32.3 Å². The van der Waals surface area contributed by atoms with Crippen LogP contribution in [-0.2, 0) is 11.2 Å². The summed E-state index contributed by atoms with van der Waals surface area (Å²) in [6.07, 6.45) is 0.277. The zero-order valence-electron chi connectivity index (χ0n) is 17.0. The van der Waals surface area contributed by atoms with E-state index in [1.54, 1.807) is 24.0 Å². The van der Waals surface area contributed by atoms with Gasteiger partial charge in [-0.3, -0.25) is 4.79 Å². The zero-order chi connectivity index (χ0) is 22.5. The van der Waals surface area contributed by atoms with Crippen LogP contribution >= 0.6 is 22.6 Å². The van der Waals surface area contributed by atoms with E-state index < -0.39 is 17.5 Å². The maximum Gasteiger partial charge on any atom is 0.409 e. The molecule has 2 amide bonds. The molecule has 1 heterocycles. The van der Waals surface area contributed by atoms with Gasteiger partial charge in [-0.15, -0.1) is 0 Å². The number of nitrogens with two attached hydrogens (primary N) is 1. The van der Waals surface area contributed by atoms with E-state index in [1.807, 2.05) is 22.6 Å². The first-order valence-electron chi connectivity index (χ1n) is 9.93. The van der Waals surface area contributed by atoms with Crippen LogP contribution in [0.15, 0.2) is 30.3 Å². The Kier molecular flexibility index (Phi) is 7.69. The molecule has 9 heteroatoms. The number of rotatable bonds is 6. The Morgan fingerprint density at radius 2 is 1.87 bits per heavy atom. The first-order valence-corrected chi connectivity index (χ1v) is 11.0. The summed E-state index contributed by atoms with van der Waals surface area (Å²) in [7, 11) is 0. The average Bonchev–Trinajstić information content (AvgIpc) is 2.70. The molecule has 1 aliphatic rings. The third-order valence-electron chi connectivity index (χ3n) is 5.05. The van der Waals surface area contributed by atoms with Crippen LogP contribution in [0.25, 0.3) is 0 Å². The van der Waals surface area contributed by atoms with Crippen LogP contribution in [0.2, 0.25) is 0 Å². The van der Waals surface area contributed by atoms with E-state index in [0.717, 1.165) is 9.64 Å². The van der Waals surface area contributed by atoms with Gasteiger partial charge in [0.15, 0.2) is 0 Å². The van der Waals surface area contributed by atoms with Crippen molar-refractivity contribution in [1.82, 2.24) is 4.90 Å². The van der Waals surface area contributed by atoms with E-state index in [2.05, 4.69) is 0 Å². The maximum absolute atomic E-state index is 14.3. The summed E-state index contributed by atoms with van der Waals surface area (Å²) in [6, 6.07) is 6.99. The van der Waals surface area contributed by atoms with Crippen molar-refractivity contribution in [1.29, 1.82) is 0 Å². The second kappa shape index (κ2) is 10.3. The largest absolute Gasteiger partial charge is 0.489 e. The second-order valence-electron chi connectivity index (χ2n) is 7.22. The number of carbonyl (C=O) groups excluding carboxylic acids is 2. The number of ether oxygens (including phenoxy) is 2. The van der Waals surface area contributed by atoms with Crippen molar-refractivity contribution in [3.63, 3.8) is 0 Å². The fraction of sp³-hybridized carbons (Fsp3) is 0.364. The molecule has 2 aromatic carbocycles. The summed E-state index contributed by atoms with van der Waals surface area (Å²) in [5, 5.41) is 0. The lowest BCUT2D eigenvalue weighted by Crippen LogP contribution is -2.42. The Morgan fingerprint density at radius 3 is 2.48 bits per heavy atom. The van der Waals surface area contributed by atoms with Gasteiger partial charge >= 0.3 is 6.09 Å².